The van der Waals surface area contributed by atoms with Crippen molar-refractivity contribution in [2.75, 3.05) is 6.61 Å². The van der Waals surface area contributed by atoms with E-state index in [9.17, 15) is 0 Å². The van der Waals surface area contributed by atoms with E-state index in [1.807, 2.05) is 24.3 Å². The van der Waals surface area contributed by atoms with E-state index in [1.54, 1.807) is 6.20 Å². The summed E-state index contributed by atoms with van der Waals surface area (Å²) in [4.78, 5) is 0. The van der Waals surface area contributed by atoms with E-state index in [0.717, 1.165) is 11.4 Å². The SMILES string of the molecule is CC(NC1COc2ccccc21)c1ccn[nH]1. The third kappa shape index (κ3) is 1.91. The predicted octanol–water partition coefficient (Wildman–Crippen LogP) is 2.19. The molecule has 1 aliphatic heterocycles. The lowest BCUT2D eigenvalue weighted by molar-refractivity contribution is 0.300. The fraction of sp³-hybridized carbons (Fsp3) is 0.308. The van der Waals surface area contributed by atoms with Gasteiger partial charge in [0.05, 0.1) is 11.7 Å². The van der Waals surface area contributed by atoms with Gasteiger partial charge in [-0.2, -0.15) is 5.10 Å². The molecular weight excluding hydrogens is 214 g/mol. The lowest BCUT2D eigenvalue weighted by Gasteiger charge is -2.17. The molecule has 1 aromatic heterocycles. The first-order valence-corrected chi connectivity index (χ1v) is 5.81. The standard InChI is InChI=1S/C13H15N3O/c1-9(11-6-7-14-16-11)15-12-8-17-13-5-3-2-4-10(12)13/h2-7,9,12,15H,8H2,1H3,(H,14,16). The minimum atomic E-state index is 0.234. The van der Waals surface area contributed by atoms with Gasteiger partial charge < -0.3 is 4.74 Å². The summed E-state index contributed by atoms with van der Waals surface area (Å²) in [6.45, 7) is 2.81. The maximum atomic E-state index is 5.64. The predicted molar refractivity (Wildman–Crippen MR) is 64.8 cm³/mol. The van der Waals surface area contributed by atoms with Gasteiger partial charge in [-0.3, -0.25) is 10.4 Å². The maximum absolute atomic E-state index is 5.64. The summed E-state index contributed by atoms with van der Waals surface area (Å²) in [6.07, 6.45) is 1.77. The van der Waals surface area contributed by atoms with Crippen molar-refractivity contribution >= 4 is 0 Å². The van der Waals surface area contributed by atoms with Gasteiger partial charge in [0.25, 0.3) is 0 Å². The highest BCUT2D eigenvalue weighted by Crippen LogP contribution is 2.32. The van der Waals surface area contributed by atoms with Gasteiger partial charge in [0.2, 0.25) is 0 Å². The molecule has 0 saturated carbocycles. The third-order valence-electron chi connectivity index (χ3n) is 3.14. The molecule has 0 radical (unpaired) electrons. The monoisotopic (exact) mass is 229 g/mol. The summed E-state index contributed by atoms with van der Waals surface area (Å²) in [5, 5.41) is 10.5. The van der Waals surface area contributed by atoms with Gasteiger partial charge in [0, 0.05) is 17.8 Å². The number of ether oxygens (including phenoxy) is 1. The van der Waals surface area contributed by atoms with Gasteiger partial charge in [0.1, 0.15) is 12.4 Å². The van der Waals surface area contributed by atoms with Crippen LogP contribution in [-0.2, 0) is 0 Å². The van der Waals surface area contributed by atoms with Crippen LogP contribution in [-0.4, -0.2) is 16.8 Å². The van der Waals surface area contributed by atoms with Crippen molar-refractivity contribution in [1.29, 1.82) is 0 Å². The van der Waals surface area contributed by atoms with E-state index in [4.69, 9.17) is 4.74 Å². The molecule has 4 nitrogen and oxygen atoms in total. The molecule has 2 N–H and O–H groups in total. The smallest absolute Gasteiger partial charge is 0.124 e. The summed E-state index contributed by atoms with van der Waals surface area (Å²) < 4.78 is 5.64. The molecule has 1 aromatic carbocycles. The quantitative estimate of drug-likeness (QED) is 0.848. The third-order valence-corrected chi connectivity index (χ3v) is 3.14. The fourth-order valence-corrected chi connectivity index (χ4v) is 2.20. The van der Waals surface area contributed by atoms with Crippen LogP contribution in [0.1, 0.15) is 30.3 Å². The Morgan fingerprint density at radius 2 is 2.29 bits per heavy atom. The fourth-order valence-electron chi connectivity index (χ4n) is 2.20. The van der Waals surface area contributed by atoms with E-state index in [2.05, 4.69) is 28.5 Å². The molecule has 0 aliphatic carbocycles. The van der Waals surface area contributed by atoms with Crippen LogP contribution in [0.3, 0.4) is 0 Å². The van der Waals surface area contributed by atoms with E-state index in [-0.39, 0.29) is 12.1 Å². The second-order valence-electron chi connectivity index (χ2n) is 4.30. The second-order valence-corrected chi connectivity index (χ2v) is 4.30. The number of fused-ring (bicyclic) bond motifs is 1. The number of benzene rings is 1. The van der Waals surface area contributed by atoms with Crippen molar-refractivity contribution in [2.24, 2.45) is 0 Å². The molecule has 4 heteroatoms. The molecule has 3 rings (SSSR count). The molecule has 0 amide bonds. The maximum Gasteiger partial charge on any atom is 0.124 e. The average Bonchev–Trinajstić information content (AvgIpc) is 2.98. The number of nitrogens with one attached hydrogen (secondary N) is 2. The van der Waals surface area contributed by atoms with Crippen LogP contribution < -0.4 is 10.1 Å². The molecule has 2 atom stereocenters. The normalized spacial score (nSPS) is 19.7. The van der Waals surface area contributed by atoms with Crippen molar-refractivity contribution in [3.05, 3.63) is 47.8 Å². The first kappa shape index (κ1) is 10.4. The van der Waals surface area contributed by atoms with E-state index >= 15 is 0 Å². The molecule has 0 saturated heterocycles. The summed E-state index contributed by atoms with van der Waals surface area (Å²) in [7, 11) is 0. The van der Waals surface area contributed by atoms with Gasteiger partial charge in [0.15, 0.2) is 0 Å². The number of H-pyrrole nitrogens is 1. The number of para-hydroxylation sites is 1. The summed E-state index contributed by atoms with van der Waals surface area (Å²) in [5.41, 5.74) is 2.33. The van der Waals surface area contributed by atoms with Gasteiger partial charge in [-0.25, -0.2) is 0 Å². The molecule has 88 valence electrons. The largest absolute Gasteiger partial charge is 0.491 e. The minimum absolute atomic E-state index is 0.234. The Bertz CT molecular complexity index is 495. The number of rotatable bonds is 3. The molecule has 2 heterocycles. The molecule has 0 fully saturated rings. The Hall–Kier alpha value is -1.81. The van der Waals surface area contributed by atoms with Gasteiger partial charge in [-0.1, -0.05) is 18.2 Å². The number of aromatic amines is 1. The van der Waals surface area contributed by atoms with Gasteiger partial charge >= 0.3 is 0 Å². The summed E-state index contributed by atoms with van der Waals surface area (Å²) in [5.74, 6) is 0.988. The molecule has 2 unspecified atom stereocenters. The van der Waals surface area contributed by atoms with Crippen LogP contribution >= 0.6 is 0 Å². The zero-order chi connectivity index (χ0) is 11.7. The van der Waals surface area contributed by atoms with E-state index < -0.39 is 0 Å². The van der Waals surface area contributed by atoms with Crippen LogP contribution in [0, 0.1) is 0 Å². The van der Waals surface area contributed by atoms with E-state index in [1.165, 1.54) is 5.56 Å². The highest BCUT2D eigenvalue weighted by atomic mass is 16.5. The Morgan fingerprint density at radius 1 is 1.41 bits per heavy atom. The number of hydrogen-bond acceptors (Lipinski definition) is 3. The van der Waals surface area contributed by atoms with Crippen molar-refractivity contribution in [2.45, 2.75) is 19.0 Å². The lowest BCUT2D eigenvalue weighted by atomic mass is 10.1. The number of hydrogen-bond donors (Lipinski definition) is 2. The lowest BCUT2D eigenvalue weighted by Crippen LogP contribution is -2.25. The molecular formula is C13H15N3O. The van der Waals surface area contributed by atoms with Crippen LogP contribution in [0.15, 0.2) is 36.5 Å². The molecule has 2 aromatic rings. The minimum Gasteiger partial charge on any atom is -0.491 e. The highest BCUT2D eigenvalue weighted by Gasteiger charge is 2.25. The Kier molecular flexibility index (Phi) is 2.57. The highest BCUT2D eigenvalue weighted by molar-refractivity contribution is 5.39. The van der Waals surface area contributed by atoms with Crippen LogP contribution in [0.2, 0.25) is 0 Å². The Morgan fingerprint density at radius 3 is 3.12 bits per heavy atom. The van der Waals surface area contributed by atoms with Crippen molar-refractivity contribution in [3.63, 3.8) is 0 Å². The zero-order valence-corrected chi connectivity index (χ0v) is 9.68. The topological polar surface area (TPSA) is 49.9 Å². The number of aromatic nitrogens is 2. The molecule has 0 bridgehead atoms. The van der Waals surface area contributed by atoms with Gasteiger partial charge in [-0.15, -0.1) is 0 Å². The van der Waals surface area contributed by atoms with Crippen LogP contribution in [0.4, 0.5) is 0 Å². The Balaban J connectivity index is 1.75. The summed E-state index contributed by atoms with van der Waals surface area (Å²) in [6, 6.07) is 10.6. The Labute approximate surface area is 100 Å². The number of nitrogens with zero attached hydrogens (tertiary/aromatic N) is 1. The zero-order valence-electron chi connectivity index (χ0n) is 9.68. The average molecular weight is 229 g/mol. The first-order chi connectivity index (χ1) is 8.34. The van der Waals surface area contributed by atoms with Crippen LogP contribution in [0.25, 0.3) is 0 Å². The van der Waals surface area contributed by atoms with Crippen molar-refractivity contribution in [1.82, 2.24) is 15.5 Å². The first-order valence-electron chi connectivity index (χ1n) is 5.81. The van der Waals surface area contributed by atoms with Gasteiger partial charge in [-0.05, 0) is 19.1 Å². The van der Waals surface area contributed by atoms with Crippen LogP contribution in [0.5, 0.6) is 5.75 Å². The molecule has 0 spiro atoms. The van der Waals surface area contributed by atoms with E-state index in [0.29, 0.717) is 6.61 Å². The summed E-state index contributed by atoms with van der Waals surface area (Å²) >= 11 is 0. The van der Waals surface area contributed by atoms with Crippen molar-refractivity contribution in [3.8, 4) is 5.75 Å². The molecule has 1 aliphatic rings. The second kappa shape index (κ2) is 4.22. The molecule has 17 heavy (non-hydrogen) atoms. The van der Waals surface area contributed by atoms with Crippen molar-refractivity contribution < 1.29 is 4.74 Å².